The molecule has 3 nitrogen and oxygen atoms in total. The molecule has 0 saturated carbocycles. The first-order chi connectivity index (χ1) is 9.65. The van der Waals surface area contributed by atoms with Gasteiger partial charge in [-0.05, 0) is 53.5 Å². The Labute approximate surface area is 138 Å². The first-order valence-corrected chi connectivity index (χ1v) is 8.94. The lowest BCUT2D eigenvalue weighted by Crippen LogP contribution is -2.45. The maximum Gasteiger partial charge on any atom is 0.261 e. The van der Waals surface area contributed by atoms with Crippen LogP contribution in [0.4, 0.5) is 0 Å². The van der Waals surface area contributed by atoms with Crippen LogP contribution in [0.25, 0.3) is 10.1 Å². The number of halogens is 2. The Morgan fingerprint density at radius 1 is 1.35 bits per heavy atom. The number of carbonyl (C=O) groups is 1. The van der Waals surface area contributed by atoms with Crippen molar-refractivity contribution in [2.45, 2.75) is 18.9 Å². The molecule has 1 aromatic heterocycles. The van der Waals surface area contributed by atoms with Gasteiger partial charge in [-0.2, -0.15) is 0 Å². The van der Waals surface area contributed by atoms with Crippen LogP contribution in [0.15, 0.2) is 27.1 Å². The van der Waals surface area contributed by atoms with Gasteiger partial charge in [0.2, 0.25) is 0 Å². The molecule has 106 valence electrons. The molecule has 2 aromatic rings. The molecule has 0 spiro atoms. The lowest BCUT2D eigenvalue weighted by Gasteiger charge is -2.23. The third-order valence-electron chi connectivity index (χ3n) is 3.44. The topological polar surface area (TPSA) is 41.1 Å². The van der Waals surface area contributed by atoms with E-state index in [1.54, 1.807) is 0 Å². The first kappa shape index (κ1) is 14.5. The molecule has 2 heterocycles. The summed E-state index contributed by atoms with van der Waals surface area (Å²) in [5.41, 5.74) is 0. The highest BCUT2D eigenvalue weighted by Gasteiger charge is 2.18. The molecular weight excluding hydrogens is 404 g/mol. The van der Waals surface area contributed by atoms with Crippen molar-refractivity contribution in [3.05, 3.63) is 32.0 Å². The Bertz CT molecular complexity index is 611. The lowest BCUT2D eigenvalue weighted by molar-refractivity contribution is 0.0935. The minimum Gasteiger partial charge on any atom is -0.347 e. The highest BCUT2D eigenvalue weighted by atomic mass is 79.9. The molecular formula is C14H14Br2N2OS. The zero-order valence-corrected chi connectivity index (χ0v) is 14.7. The van der Waals surface area contributed by atoms with Crippen LogP contribution in [-0.4, -0.2) is 25.0 Å². The summed E-state index contributed by atoms with van der Waals surface area (Å²) < 4.78 is 3.15. The molecule has 0 bridgehead atoms. The smallest absolute Gasteiger partial charge is 0.261 e. The highest BCUT2D eigenvalue weighted by molar-refractivity contribution is 9.11. The third-order valence-corrected chi connectivity index (χ3v) is 6.22. The molecule has 1 amide bonds. The zero-order valence-electron chi connectivity index (χ0n) is 10.7. The van der Waals surface area contributed by atoms with Crippen LogP contribution in [-0.2, 0) is 0 Å². The fourth-order valence-corrected chi connectivity index (χ4v) is 4.56. The van der Waals surface area contributed by atoms with E-state index in [1.807, 2.05) is 18.2 Å². The summed E-state index contributed by atoms with van der Waals surface area (Å²) in [6.45, 7) is 1.92. The van der Waals surface area contributed by atoms with E-state index < -0.39 is 0 Å². The second kappa shape index (κ2) is 6.13. The Kier molecular flexibility index (Phi) is 4.45. The maximum absolute atomic E-state index is 12.3. The van der Waals surface area contributed by atoms with Gasteiger partial charge in [-0.25, -0.2) is 0 Å². The number of rotatable bonds is 2. The molecule has 1 aliphatic rings. The van der Waals surface area contributed by atoms with Crippen molar-refractivity contribution >= 4 is 59.2 Å². The lowest BCUT2D eigenvalue weighted by atomic mass is 10.1. The maximum atomic E-state index is 12.3. The van der Waals surface area contributed by atoms with Crippen LogP contribution in [0.1, 0.15) is 22.5 Å². The van der Waals surface area contributed by atoms with Gasteiger partial charge in [0.1, 0.15) is 0 Å². The van der Waals surface area contributed by atoms with E-state index in [0.717, 1.165) is 49.8 Å². The second-order valence-corrected chi connectivity index (χ2v) is 7.66. The van der Waals surface area contributed by atoms with Crippen molar-refractivity contribution in [1.29, 1.82) is 0 Å². The molecule has 1 aliphatic heterocycles. The fraction of sp³-hybridized carbons (Fsp3) is 0.357. The number of hydrogen-bond acceptors (Lipinski definition) is 3. The summed E-state index contributed by atoms with van der Waals surface area (Å²) in [4.78, 5) is 13.1. The van der Waals surface area contributed by atoms with Crippen LogP contribution in [0.5, 0.6) is 0 Å². The van der Waals surface area contributed by atoms with Gasteiger partial charge in [0.15, 0.2) is 0 Å². The number of carbonyl (C=O) groups excluding carboxylic acids is 1. The fourth-order valence-electron chi connectivity index (χ4n) is 2.40. The SMILES string of the molecule is O=C(NC1CCCNC1)c1cc2c(Br)ccc(Br)c2s1. The van der Waals surface area contributed by atoms with E-state index in [2.05, 4.69) is 42.5 Å². The van der Waals surface area contributed by atoms with Gasteiger partial charge < -0.3 is 10.6 Å². The Morgan fingerprint density at radius 3 is 2.85 bits per heavy atom. The molecule has 3 rings (SSSR count). The molecule has 1 atom stereocenters. The molecule has 1 saturated heterocycles. The summed E-state index contributed by atoms with van der Waals surface area (Å²) in [7, 11) is 0. The minimum absolute atomic E-state index is 0.0266. The standard InChI is InChI=1S/C14H14Br2N2OS/c15-10-3-4-11(16)13-9(10)6-12(20-13)14(19)18-8-2-1-5-17-7-8/h3-4,6,8,17H,1-2,5,7H2,(H,18,19). The van der Waals surface area contributed by atoms with E-state index in [9.17, 15) is 4.79 Å². The number of fused-ring (bicyclic) bond motifs is 1. The predicted molar refractivity (Wildman–Crippen MR) is 90.6 cm³/mol. The summed E-state index contributed by atoms with van der Waals surface area (Å²) in [5.74, 6) is 0.0266. The van der Waals surface area contributed by atoms with Crippen LogP contribution >= 0.6 is 43.2 Å². The third kappa shape index (κ3) is 2.93. The Balaban J connectivity index is 1.84. The molecule has 0 radical (unpaired) electrons. The predicted octanol–water partition coefficient (Wildman–Crippen LogP) is 3.91. The molecule has 2 N–H and O–H groups in total. The number of nitrogens with one attached hydrogen (secondary N) is 2. The quantitative estimate of drug-likeness (QED) is 0.777. The second-order valence-electron chi connectivity index (χ2n) is 4.90. The summed E-state index contributed by atoms with van der Waals surface area (Å²) in [5, 5.41) is 7.50. The minimum atomic E-state index is 0.0266. The van der Waals surface area contributed by atoms with E-state index in [4.69, 9.17) is 0 Å². The van der Waals surface area contributed by atoms with E-state index >= 15 is 0 Å². The van der Waals surface area contributed by atoms with Gasteiger partial charge in [-0.3, -0.25) is 4.79 Å². The van der Waals surface area contributed by atoms with Crippen molar-refractivity contribution in [1.82, 2.24) is 10.6 Å². The Morgan fingerprint density at radius 2 is 2.15 bits per heavy atom. The van der Waals surface area contributed by atoms with E-state index in [0.29, 0.717) is 0 Å². The van der Waals surface area contributed by atoms with Gasteiger partial charge in [-0.1, -0.05) is 15.9 Å². The summed E-state index contributed by atoms with van der Waals surface area (Å²) in [6.07, 6.45) is 2.17. The Hall–Kier alpha value is -0.430. The van der Waals surface area contributed by atoms with Crippen LogP contribution in [0, 0.1) is 0 Å². The summed E-state index contributed by atoms with van der Waals surface area (Å²) in [6, 6.07) is 6.19. The van der Waals surface area contributed by atoms with Crippen molar-refractivity contribution in [2.75, 3.05) is 13.1 Å². The molecule has 1 aromatic carbocycles. The molecule has 6 heteroatoms. The number of benzene rings is 1. The van der Waals surface area contributed by atoms with Gasteiger partial charge in [0.05, 0.1) is 9.58 Å². The van der Waals surface area contributed by atoms with Gasteiger partial charge in [-0.15, -0.1) is 11.3 Å². The van der Waals surface area contributed by atoms with Crippen molar-refractivity contribution < 1.29 is 4.79 Å². The van der Waals surface area contributed by atoms with E-state index in [-0.39, 0.29) is 11.9 Å². The monoisotopic (exact) mass is 416 g/mol. The first-order valence-electron chi connectivity index (χ1n) is 6.54. The van der Waals surface area contributed by atoms with Crippen LogP contribution in [0.2, 0.25) is 0 Å². The van der Waals surface area contributed by atoms with Crippen molar-refractivity contribution in [3.63, 3.8) is 0 Å². The molecule has 1 fully saturated rings. The van der Waals surface area contributed by atoms with Crippen LogP contribution in [0.3, 0.4) is 0 Å². The highest BCUT2D eigenvalue weighted by Crippen LogP contribution is 2.36. The van der Waals surface area contributed by atoms with Gasteiger partial charge in [0, 0.05) is 26.9 Å². The molecule has 1 unspecified atom stereocenters. The van der Waals surface area contributed by atoms with Gasteiger partial charge in [0.25, 0.3) is 5.91 Å². The normalized spacial score (nSPS) is 19.2. The average Bonchev–Trinajstić information content (AvgIpc) is 2.91. The zero-order chi connectivity index (χ0) is 14.1. The number of piperidine rings is 1. The number of hydrogen-bond donors (Lipinski definition) is 2. The molecule has 0 aliphatic carbocycles. The molecule has 20 heavy (non-hydrogen) atoms. The number of thiophene rings is 1. The largest absolute Gasteiger partial charge is 0.347 e. The number of amides is 1. The average molecular weight is 418 g/mol. The van der Waals surface area contributed by atoms with Crippen LogP contribution < -0.4 is 10.6 Å². The summed E-state index contributed by atoms with van der Waals surface area (Å²) >= 11 is 8.60. The van der Waals surface area contributed by atoms with Crippen molar-refractivity contribution in [2.24, 2.45) is 0 Å². The van der Waals surface area contributed by atoms with Crippen molar-refractivity contribution in [3.8, 4) is 0 Å². The van der Waals surface area contributed by atoms with Gasteiger partial charge >= 0.3 is 0 Å². The van der Waals surface area contributed by atoms with E-state index in [1.165, 1.54) is 11.3 Å².